The summed E-state index contributed by atoms with van der Waals surface area (Å²) >= 11 is 0. The normalized spacial score (nSPS) is 14.9. The first-order valence-electron chi connectivity index (χ1n) is 44.8. The zero-order valence-electron chi connectivity index (χ0n) is 70.2. The van der Waals surface area contributed by atoms with Gasteiger partial charge in [-0.3, -0.25) is 23.9 Å². The maximum Gasteiger partial charge on any atom is 0.330 e. The van der Waals surface area contributed by atoms with Gasteiger partial charge >= 0.3 is 17.6 Å². The number of carboxylic acid groups (broad SMARTS) is 2. The number of hydrogen-bond donors (Lipinski definition) is 3. The molecular formula is C96H150N2O13. The molecule has 0 bridgehead atoms. The molecule has 1 aliphatic rings. The molecule has 1 unspecified atom stereocenters. The molecule has 4 aromatic carbocycles. The lowest BCUT2D eigenvalue weighted by Crippen LogP contribution is -2.48. The number of carboxylic acids is 2. The molecule has 0 amide bonds. The molecule has 1 saturated heterocycles. The number of hydrogen-bond acceptors (Lipinski definition) is 11. The lowest BCUT2D eigenvalue weighted by atomic mass is 9.66. The molecule has 0 radical (unpaired) electrons. The number of aryl methyl sites for hydroxylation is 1. The summed E-state index contributed by atoms with van der Waals surface area (Å²) in [7, 11) is 3.21. The van der Waals surface area contributed by atoms with Crippen LogP contribution in [-0.4, -0.2) is 78.5 Å². The van der Waals surface area contributed by atoms with E-state index < -0.39 is 58.9 Å². The van der Waals surface area contributed by atoms with Crippen molar-refractivity contribution in [2.24, 2.45) is 11.3 Å². The maximum absolute atomic E-state index is 15.0. The van der Waals surface area contributed by atoms with Gasteiger partial charge in [-0.05, 0) is 97.7 Å². The van der Waals surface area contributed by atoms with Crippen molar-refractivity contribution in [3.05, 3.63) is 146 Å². The van der Waals surface area contributed by atoms with Gasteiger partial charge in [0.2, 0.25) is 5.75 Å². The van der Waals surface area contributed by atoms with E-state index in [2.05, 4.69) is 25.8 Å². The van der Waals surface area contributed by atoms with Crippen molar-refractivity contribution in [3.8, 4) is 28.7 Å². The Hall–Kier alpha value is -6.58. The summed E-state index contributed by atoms with van der Waals surface area (Å²) < 4.78 is 47.8. The number of carbonyl (C=O) groups is 2. The smallest absolute Gasteiger partial charge is 0.330 e. The highest BCUT2D eigenvalue weighted by Crippen LogP contribution is 2.52. The summed E-state index contributed by atoms with van der Waals surface area (Å²) in [4.78, 5) is 58.2. The molecule has 111 heavy (non-hydrogen) atoms. The van der Waals surface area contributed by atoms with E-state index in [0.29, 0.717) is 65.3 Å². The van der Waals surface area contributed by atoms with Gasteiger partial charge in [0.15, 0.2) is 11.5 Å². The number of ether oxygens (including phenoxy) is 7. The Balaban J connectivity index is 1.30. The number of benzene rings is 4. The average Bonchev–Trinajstić information content (AvgIpc) is 1.74. The van der Waals surface area contributed by atoms with Crippen molar-refractivity contribution in [3.63, 3.8) is 0 Å². The second-order valence-corrected chi connectivity index (χ2v) is 32.4. The van der Waals surface area contributed by atoms with Crippen molar-refractivity contribution < 1.29 is 53.0 Å². The van der Waals surface area contributed by atoms with E-state index in [1.54, 1.807) is 21.1 Å². The Morgan fingerprint density at radius 3 is 1.15 bits per heavy atom. The summed E-state index contributed by atoms with van der Waals surface area (Å²) in [6.07, 6.45) is 57.9. The van der Waals surface area contributed by atoms with E-state index in [9.17, 15) is 24.6 Å². The largest absolute Gasteiger partial charge is 0.497 e. The van der Waals surface area contributed by atoms with Gasteiger partial charge in [0, 0.05) is 17.7 Å². The van der Waals surface area contributed by atoms with Crippen molar-refractivity contribution in [2.75, 3.05) is 40.6 Å². The number of nitrogens with zero attached hydrogens (tertiary/aromatic N) is 1. The van der Waals surface area contributed by atoms with Gasteiger partial charge in [-0.25, -0.2) is 4.79 Å². The average molecular weight is 1540 g/mol. The first kappa shape index (κ1) is 93.3. The molecule has 622 valence electrons. The molecule has 2 heterocycles. The standard InChI is InChI=1S/C96H150N2O13/c1-7-10-13-16-19-22-25-28-31-34-37-40-43-46-49-55-68-107-86-71-79(72-87(108-69-56-50-47-44-41-38-35-32-29-26-23-20-17-14-11-8-2)91(86)109-70-57-51-48-45-42-39-36-33-30-27-24-21-18-15-12-9-3)74-95(93(102)103,75-90(99)100)85-73-89(98-76-78(4)92(101)97-94(98)104)111-88(85)77-110-96(80-58-53-52-54-59-80,81-60-64-83(105-5)65-61-81)82-62-66-84(106-6)67-63-82/h52-54,58-67,71-72,76,85,88-89H,7-51,55-57,68-70,73-75,77H2,1-6H3,(H,99,100)(H,102,103)(H,97,101,104)/t85-,88+,89+,95?/m0/s1. The second-order valence-electron chi connectivity index (χ2n) is 32.4. The molecule has 6 rings (SSSR count). The molecule has 0 saturated carbocycles. The lowest BCUT2D eigenvalue weighted by molar-refractivity contribution is -0.163. The Morgan fingerprint density at radius 1 is 0.468 bits per heavy atom. The van der Waals surface area contributed by atoms with Crippen molar-refractivity contribution in [2.45, 2.75) is 373 Å². The minimum atomic E-state index is -2.11. The molecule has 1 aliphatic heterocycles. The van der Waals surface area contributed by atoms with E-state index >= 15 is 4.79 Å². The monoisotopic (exact) mass is 1540 g/mol. The molecule has 1 aromatic heterocycles. The summed E-state index contributed by atoms with van der Waals surface area (Å²) in [5.41, 5.74) is -1.93. The van der Waals surface area contributed by atoms with Crippen LogP contribution in [0, 0.1) is 18.3 Å². The molecule has 0 aliphatic carbocycles. The lowest BCUT2D eigenvalue weighted by Gasteiger charge is -2.40. The molecule has 0 spiro atoms. The molecule has 3 N–H and O–H groups in total. The third-order valence-corrected chi connectivity index (χ3v) is 23.3. The van der Waals surface area contributed by atoms with E-state index in [1.165, 1.54) is 261 Å². The first-order valence-corrected chi connectivity index (χ1v) is 44.8. The van der Waals surface area contributed by atoms with Crippen molar-refractivity contribution in [1.29, 1.82) is 0 Å². The summed E-state index contributed by atoms with van der Waals surface area (Å²) in [5.74, 6) is -1.23. The van der Waals surface area contributed by atoms with Crippen LogP contribution in [0.4, 0.5) is 0 Å². The third kappa shape index (κ3) is 34.2. The van der Waals surface area contributed by atoms with Gasteiger partial charge < -0.3 is 43.4 Å². The number of H-pyrrole nitrogens is 1. The van der Waals surface area contributed by atoms with Crippen LogP contribution in [0.2, 0.25) is 0 Å². The van der Waals surface area contributed by atoms with E-state index in [-0.39, 0.29) is 25.0 Å². The maximum atomic E-state index is 15.0. The van der Waals surface area contributed by atoms with Gasteiger partial charge in [-0.15, -0.1) is 0 Å². The zero-order valence-corrected chi connectivity index (χ0v) is 70.2. The predicted octanol–water partition coefficient (Wildman–Crippen LogP) is 25.5. The van der Waals surface area contributed by atoms with E-state index in [0.717, 1.165) is 63.4 Å². The van der Waals surface area contributed by atoms with Crippen LogP contribution in [0.25, 0.3) is 0 Å². The van der Waals surface area contributed by atoms with Gasteiger partial charge in [-0.2, -0.15) is 0 Å². The number of nitrogens with one attached hydrogen (secondary N) is 1. The number of aliphatic carboxylic acids is 2. The highest BCUT2D eigenvalue weighted by Gasteiger charge is 2.56. The van der Waals surface area contributed by atoms with Crippen LogP contribution in [0.15, 0.2) is 107 Å². The van der Waals surface area contributed by atoms with Crippen LogP contribution in [0.5, 0.6) is 28.7 Å². The molecule has 15 nitrogen and oxygen atoms in total. The Kier molecular flexibility index (Phi) is 47.6. The fourth-order valence-electron chi connectivity index (χ4n) is 16.6. The predicted molar refractivity (Wildman–Crippen MR) is 454 cm³/mol. The molecule has 15 heteroatoms. The zero-order chi connectivity index (χ0) is 79.3. The molecule has 4 atom stereocenters. The van der Waals surface area contributed by atoms with Crippen LogP contribution in [0.1, 0.15) is 376 Å². The van der Waals surface area contributed by atoms with Crippen LogP contribution < -0.4 is 34.9 Å². The molecular weight excluding hydrogens is 1390 g/mol. The van der Waals surface area contributed by atoms with Gasteiger partial charge in [-0.1, -0.05) is 364 Å². The fourth-order valence-corrected chi connectivity index (χ4v) is 16.6. The van der Waals surface area contributed by atoms with Crippen molar-refractivity contribution in [1.82, 2.24) is 9.55 Å². The summed E-state index contributed by atoms with van der Waals surface area (Å²) in [6, 6.07) is 28.5. The fraction of sp³-hybridized carbons (Fsp3) is 0.688. The van der Waals surface area contributed by atoms with Gasteiger partial charge in [0.25, 0.3) is 5.56 Å². The number of rotatable bonds is 69. The molecule has 5 aromatic rings. The number of unbranched alkanes of at least 4 members (excludes halogenated alkanes) is 45. The van der Waals surface area contributed by atoms with Crippen LogP contribution in [0.3, 0.4) is 0 Å². The Bertz CT molecular complexity index is 3240. The Morgan fingerprint density at radius 2 is 0.811 bits per heavy atom. The minimum Gasteiger partial charge on any atom is -0.497 e. The number of aromatic amines is 1. The number of aromatic nitrogens is 2. The van der Waals surface area contributed by atoms with Gasteiger partial charge in [0.05, 0.1) is 58.6 Å². The summed E-state index contributed by atoms with van der Waals surface area (Å²) in [5, 5.41) is 23.5. The third-order valence-electron chi connectivity index (χ3n) is 23.3. The highest BCUT2D eigenvalue weighted by molar-refractivity contribution is 5.82. The first-order chi connectivity index (χ1) is 54.3. The quantitative estimate of drug-likeness (QED) is 0.0246. The van der Waals surface area contributed by atoms with Crippen LogP contribution in [-0.2, 0) is 31.1 Å². The molecule has 1 fully saturated rings. The minimum absolute atomic E-state index is 0.131. The SMILES string of the molecule is CCCCCCCCCCCCCCCCCCOc1cc(CC(CC(=O)O)(C(=O)O)[C@H]2C[C@H](n3cc(C)c(=O)[nH]c3=O)O[C@@H]2COC(c2ccccc2)(c2ccc(OC)cc2)c2ccc(OC)cc2)cc(OCCCCCCCCCCCCCCCCCC)c1OCCCCCCCCCCCCCCCCCC. The van der Waals surface area contributed by atoms with Gasteiger partial charge in [0.1, 0.15) is 23.3 Å². The summed E-state index contributed by atoms with van der Waals surface area (Å²) in [6.45, 7) is 9.35. The van der Waals surface area contributed by atoms with E-state index in [4.69, 9.17) is 33.2 Å². The second kappa shape index (κ2) is 56.6. The highest BCUT2D eigenvalue weighted by atomic mass is 16.6. The van der Waals surface area contributed by atoms with Crippen LogP contribution >= 0.6 is 0 Å². The Labute approximate surface area is 670 Å². The van der Waals surface area contributed by atoms with Crippen molar-refractivity contribution >= 4 is 11.9 Å². The number of methoxy groups -OCH3 is 2. The van der Waals surface area contributed by atoms with E-state index in [1.807, 2.05) is 91.0 Å². The topological polar surface area (TPSA) is 194 Å².